The summed E-state index contributed by atoms with van der Waals surface area (Å²) in [6, 6.07) is 0. The van der Waals surface area contributed by atoms with Crippen LogP contribution in [0.3, 0.4) is 0 Å². The molecule has 1 aliphatic heterocycles. The van der Waals surface area contributed by atoms with Crippen LogP contribution in [0.1, 0.15) is 51.4 Å². The van der Waals surface area contributed by atoms with Crippen LogP contribution in [0.2, 0.25) is 0 Å². The van der Waals surface area contributed by atoms with E-state index in [0.29, 0.717) is 18.9 Å². The standard InChI is InChI=1S/C16H31N3O/c17-9-8-16(20)18-11-15-7-4-10-19(13-15)12-14-5-2-1-3-6-14/h14-15H,1-13,17H2,(H,18,20). The van der Waals surface area contributed by atoms with Crippen molar-refractivity contribution < 1.29 is 4.79 Å². The third-order valence-electron chi connectivity index (χ3n) is 4.80. The molecule has 0 spiro atoms. The topological polar surface area (TPSA) is 58.4 Å². The van der Waals surface area contributed by atoms with E-state index in [-0.39, 0.29) is 5.91 Å². The first-order valence-corrected chi connectivity index (χ1v) is 8.47. The quantitative estimate of drug-likeness (QED) is 0.780. The highest BCUT2D eigenvalue weighted by molar-refractivity contribution is 5.75. The molecule has 0 aromatic carbocycles. The lowest BCUT2D eigenvalue weighted by Gasteiger charge is -2.36. The third-order valence-corrected chi connectivity index (χ3v) is 4.80. The molecular weight excluding hydrogens is 250 g/mol. The van der Waals surface area contributed by atoms with Gasteiger partial charge in [0.05, 0.1) is 0 Å². The largest absolute Gasteiger partial charge is 0.356 e. The molecule has 1 saturated heterocycles. The molecule has 3 N–H and O–H groups in total. The molecule has 1 heterocycles. The minimum absolute atomic E-state index is 0.108. The zero-order chi connectivity index (χ0) is 14.2. The van der Waals surface area contributed by atoms with Gasteiger partial charge < -0.3 is 16.0 Å². The Morgan fingerprint density at radius 3 is 2.60 bits per heavy atom. The highest BCUT2D eigenvalue weighted by Crippen LogP contribution is 2.26. The fraction of sp³-hybridized carbons (Fsp3) is 0.938. The molecule has 20 heavy (non-hydrogen) atoms. The molecule has 1 aliphatic carbocycles. The highest BCUT2D eigenvalue weighted by Gasteiger charge is 2.23. The van der Waals surface area contributed by atoms with Gasteiger partial charge in [0, 0.05) is 32.6 Å². The Labute approximate surface area is 123 Å². The molecule has 0 bridgehead atoms. The van der Waals surface area contributed by atoms with Crippen LogP contribution in [-0.4, -0.2) is 43.5 Å². The van der Waals surface area contributed by atoms with E-state index in [1.807, 2.05) is 0 Å². The van der Waals surface area contributed by atoms with E-state index in [4.69, 9.17) is 5.73 Å². The van der Waals surface area contributed by atoms with Crippen molar-refractivity contribution in [3.8, 4) is 0 Å². The maximum Gasteiger partial charge on any atom is 0.221 e. The fourth-order valence-corrected chi connectivity index (χ4v) is 3.70. The second kappa shape index (κ2) is 8.63. The van der Waals surface area contributed by atoms with Crippen LogP contribution in [-0.2, 0) is 4.79 Å². The number of nitrogens with zero attached hydrogens (tertiary/aromatic N) is 1. The van der Waals surface area contributed by atoms with Crippen molar-refractivity contribution in [3.05, 3.63) is 0 Å². The number of nitrogens with two attached hydrogens (primary N) is 1. The van der Waals surface area contributed by atoms with Gasteiger partial charge in [-0.1, -0.05) is 19.3 Å². The molecule has 116 valence electrons. The number of hydrogen-bond acceptors (Lipinski definition) is 3. The monoisotopic (exact) mass is 281 g/mol. The molecule has 4 heteroatoms. The Kier molecular flexibility index (Phi) is 6.80. The molecule has 1 saturated carbocycles. The summed E-state index contributed by atoms with van der Waals surface area (Å²) < 4.78 is 0. The average molecular weight is 281 g/mol. The lowest BCUT2D eigenvalue weighted by molar-refractivity contribution is -0.121. The maximum atomic E-state index is 11.5. The van der Waals surface area contributed by atoms with Crippen molar-refractivity contribution >= 4 is 5.91 Å². The Morgan fingerprint density at radius 1 is 1.10 bits per heavy atom. The van der Waals surface area contributed by atoms with Gasteiger partial charge in [0.2, 0.25) is 5.91 Å². The molecule has 1 unspecified atom stereocenters. The summed E-state index contributed by atoms with van der Waals surface area (Å²) in [4.78, 5) is 14.1. The third kappa shape index (κ3) is 5.41. The molecule has 2 fully saturated rings. The maximum absolute atomic E-state index is 11.5. The van der Waals surface area contributed by atoms with E-state index in [1.165, 1.54) is 64.6 Å². The Hall–Kier alpha value is -0.610. The van der Waals surface area contributed by atoms with Crippen LogP contribution in [0, 0.1) is 11.8 Å². The SMILES string of the molecule is NCCC(=O)NCC1CCCN(CC2CCCCC2)C1. The Balaban J connectivity index is 1.66. The van der Waals surface area contributed by atoms with Crippen LogP contribution < -0.4 is 11.1 Å². The smallest absolute Gasteiger partial charge is 0.221 e. The van der Waals surface area contributed by atoms with Gasteiger partial charge in [0.1, 0.15) is 0 Å². The van der Waals surface area contributed by atoms with Gasteiger partial charge in [-0.05, 0) is 44.1 Å². The van der Waals surface area contributed by atoms with Gasteiger partial charge in [-0.15, -0.1) is 0 Å². The fourth-order valence-electron chi connectivity index (χ4n) is 3.70. The van der Waals surface area contributed by atoms with E-state index in [9.17, 15) is 4.79 Å². The molecule has 0 radical (unpaired) electrons. The number of piperidine rings is 1. The van der Waals surface area contributed by atoms with E-state index < -0.39 is 0 Å². The first kappa shape index (κ1) is 15.8. The van der Waals surface area contributed by atoms with Crippen LogP contribution in [0.25, 0.3) is 0 Å². The van der Waals surface area contributed by atoms with Gasteiger partial charge in [-0.3, -0.25) is 4.79 Å². The zero-order valence-corrected chi connectivity index (χ0v) is 12.8. The summed E-state index contributed by atoms with van der Waals surface area (Å²) in [5.41, 5.74) is 5.40. The number of hydrogen-bond donors (Lipinski definition) is 2. The molecule has 0 aromatic heterocycles. The second-order valence-corrected chi connectivity index (χ2v) is 6.61. The van der Waals surface area contributed by atoms with Crippen molar-refractivity contribution in [2.24, 2.45) is 17.6 Å². The molecule has 4 nitrogen and oxygen atoms in total. The lowest BCUT2D eigenvalue weighted by atomic mass is 9.88. The lowest BCUT2D eigenvalue weighted by Crippen LogP contribution is -2.43. The predicted octanol–water partition coefficient (Wildman–Crippen LogP) is 1.74. The first-order valence-electron chi connectivity index (χ1n) is 8.47. The van der Waals surface area contributed by atoms with Crippen LogP contribution in [0.4, 0.5) is 0 Å². The number of likely N-dealkylation sites (tertiary alicyclic amines) is 1. The van der Waals surface area contributed by atoms with Crippen LogP contribution >= 0.6 is 0 Å². The van der Waals surface area contributed by atoms with Gasteiger partial charge in [-0.25, -0.2) is 0 Å². The Bertz CT molecular complexity index is 289. The molecule has 2 rings (SSSR count). The van der Waals surface area contributed by atoms with Gasteiger partial charge >= 0.3 is 0 Å². The molecule has 2 aliphatic rings. The van der Waals surface area contributed by atoms with E-state index in [2.05, 4.69) is 10.2 Å². The minimum atomic E-state index is 0.108. The van der Waals surface area contributed by atoms with Gasteiger partial charge in [0.15, 0.2) is 0 Å². The van der Waals surface area contributed by atoms with Crippen LogP contribution in [0.15, 0.2) is 0 Å². The molecule has 0 aromatic rings. The minimum Gasteiger partial charge on any atom is -0.356 e. The summed E-state index contributed by atoms with van der Waals surface area (Å²) >= 11 is 0. The second-order valence-electron chi connectivity index (χ2n) is 6.61. The van der Waals surface area contributed by atoms with Crippen molar-refractivity contribution in [2.75, 3.05) is 32.7 Å². The van der Waals surface area contributed by atoms with Crippen molar-refractivity contribution in [1.29, 1.82) is 0 Å². The molecule has 1 atom stereocenters. The number of amides is 1. The predicted molar refractivity (Wildman–Crippen MR) is 82.4 cm³/mol. The Morgan fingerprint density at radius 2 is 1.85 bits per heavy atom. The van der Waals surface area contributed by atoms with Crippen molar-refractivity contribution in [1.82, 2.24) is 10.2 Å². The van der Waals surface area contributed by atoms with E-state index >= 15 is 0 Å². The summed E-state index contributed by atoms with van der Waals surface area (Å²) in [7, 11) is 0. The summed E-state index contributed by atoms with van der Waals surface area (Å²) in [5, 5.41) is 3.03. The summed E-state index contributed by atoms with van der Waals surface area (Å²) in [6.45, 7) is 4.99. The zero-order valence-electron chi connectivity index (χ0n) is 12.8. The number of rotatable bonds is 6. The van der Waals surface area contributed by atoms with E-state index in [1.54, 1.807) is 0 Å². The van der Waals surface area contributed by atoms with Crippen LogP contribution in [0.5, 0.6) is 0 Å². The number of nitrogens with one attached hydrogen (secondary N) is 1. The normalized spacial score (nSPS) is 25.6. The average Bonchev–Trinajstić information content (AvgIpc) is 2.47. The molecular formula is C16H31N3O. The molecule has 1 amide bonds. The van der Waals surface area contributed by atoms with Gasteiger partial charge in [0.25, 0.3) is 0 Å². The summed E-state index contributed by atoms with van der Waals surface area (Å²) in [5.74, 6) is 1.67. The summed E-state index contributed by atoms with van der Waals surface area (Å²) in [6.07, 6.45) is 10.1. The first-order chi connectivity index (χ1) is 9.78. The van der Waals surface area contributed by atoms with Crippen molar-refractivity contribution in [2.45, 2.75) is 51.4 Å². The van der Waals surface area contributed by atoms with Gasteiger partial charge in [-0.2, -0.15) is 0 Å². The van der Waals surface area contributed by atoms with Crippen molar-refractivity contribution in [3.63, 3.8) is 0 Å². The van der Waals surface area contributed by atoms with E-state index in [0.717, 1.165) is 12.5 Å². The number of carbonyl (C=O) groups excluding carboxylic acids is 1. The highest BCUT2D eigenvalue weighted by atomic mass is 16.1. The number of carbonyl (C=O) groups is 1.